The minimum atomic E-state index is -0.950. The second-order valence-corrected chi connectivity index (χ2v) is 6.64. The molecule has 0 fully saturated rings. The molecule has 0 spiro atoms. The Balaban J connectivity index is 2.56. The Bertz CT molecular complexity index is 595. The Hall–Kier alpha value is -1.14. The van der Waals surface area contributed by atoms with E-state index < -0.39 is 5.97 Å². The zero-order valence-electron chi connectivity index (χ0n) is 10.2. The van der Waals surface area contributed by atoms with E-state index in [-0.39, 0.29) is 10.3 Å². The molecule has 0 aliphatic carbocycles. The molecule has 0 amide bonds. The second-order valence-electron chi connectivity index (χ2n) is 4.86. The number of hydrogen-bond acceptors (Lipinski definition) is 4. The van der Waals surface area contributed by atoms with Gasteiger partial charge in [-0.05, 0) is 28.1 Å². The highest BCUT2D eigenvalue weighted by Gasteiger charge is 2.28. The Morgan fingerprint density at radius 1 is 1.44 bits per heavy atom. The predicted molar refractivity (Wildman–Crippen MR) is 73.2 cm³/mol. The Morgan fingerprint density at radius 2 is 2.11 bits per heavy atom. The average molecular weight is 330 g/mol. The number of carbonyl (C=O) groups is 1. The largest absolute Gasteiger partial charge is 0.477 e. The lowest BCUT2D eigenvalue weighted by Gasteiger charge is -2.15. The summed E-state index contributed by atoms with van der Waals surface area (Å²) in [5.74, 6) is -0.376. The van der Waals surface area contributed by atoms with E-state index in [1.54, 1.807) is 12.1 Å². The number of rotatable bonds is 2. The number of carboxylic acids is 1. The van der Waals surface area contributed by atoms with Crippen LogP contribution in [-0.4, -0.2) is 16.1 Å². The molecule has 0 saturated heterocycles. The summed E-state index contributed by atoms with van der Waals surface area (Å²) in [5.41, 5.74) is 0.272. The zero-order chi connectivity index (χ0) is 13.5. The molecule has 2 aromatic rings. The van der Waals surface area contributed by atoms with E-state index in [2.05, 4.69) is 20.9 Å². The van der Waals surface area contributed by atoms with Crippen LogP contribution in [-0.2, 0) is 5.41 Å². The fourth-order valence-corrected chi connectivity index (χ4v) is 2.89. The van der Waals surface area contributed by atoms with Gasteiger partial charge in [-0.2, -0.15) is 0 Å². The van der Waals surface area contributed by atoms with Crippen molar-refractivity contribution in [3.05, 3.63) is 27.4 Å². The van der Waals surface area contributed by atoms with E-state index >= 15 is 0 Å². The molecular formula is C12H12BrNO3S. The van der Waals surface area contributed by atoms with Gasteiger partial charge in [0.25, 0.3) is 0 Å². The maximum absolute atomic E-state index is 11.2. The predicted octanol–water partition coefficient (Wildman–Crippen LogP) is 4.16. The van der Waals surface area contributed by atoms with Crippen LogP contribution in [0.1, 0.15) is 36.1 Å². The van der Waals surface area contributed by atoms with Crippen molar-refractivity contribution in [3.63, 3.8) is 0 Å². The minimum Gasteiger partial charge on any atom is -0.477 e. The fourth-order valence-electron chi connectivity index (χ4n) is 1.51. The number of carboxylic acid groups (broad SMARTS) is 1. The first kappa shape index (κ1) is 13.3. The lowest BCUT2D eigenvalue weighted by Crippen LogP contribution is -2.16. The molecule has 4 nitrogen and oxygen atoms in total. The van der Waals surface area contributed by atoms with Crippen molar-refractivity contribution in [2.24, 2.45) is 0 Å². The zero-order valence-corrected chi connectivity index (χ0v) is 12.6. The van der Waals surface area contributed by atoms with Crippen LogP contribution < -0.4 is 0 Å². The quantitative estimate of drug-likeness (QED) is 0.898. The molecule has 2 rings (SSSR count). The summed E-state index contributed by atoms with van der Waals surface area (Å²) in [7, 11) is 0. The summed E-state index contributed by atoms with van der Waals surface area (Å²) in [5, 5.41) is 9.81. The van der Waals surface area contributed by atoms with E-state index in [0.29, 0.717) is 21.1 Å². The molecule has 0 aromatic carbocycles. The first-order valence-electron chi connectivity index (χ1n) is 5.29. The maximum atomic E-state index is 11.2. The lowest BCUT2D eigenvalue weighted by molar-refractivity contribution is 0.0699. The molecule has 0 atom stereocenters. The highest BCUT2D eigenvalue weighted by Crippen LogP contribution is 2.35. The van der Waals surface area contributed by atoms with Gasteiger partial charge in [0.2, 0.25) is 0 Å². The molecule has 1 N–H and O–H groups in total. The molecule has 0 unspecified atom stereocenters. The van der Waals surface area contributed by atoms with Crippen molar-refractivity contribution in [2.75, 3.05) is 0 Å². The van der Waals surface area contributed by atoms with Crippen molar-refractivity contribution in [1.29, 1.82) is 0 Å². The third kappa shape index (κ3) is 2.49. The first-order chi connectivity index (χ1) is 8.29. The standard InChI is InChI=1S/C12H12BrNO3S/c1-12(2,3)9-8(11(15)16)18-10(14-9)6-4-5-7(13)17-6/h4-5H,1-3H3,(H,15,16). The summed E-state index contributed by atoms with van der Waals surface area (Å²) in [6.07, 6.45) is 0. The first-order valence-corrected chi connectivity index (χ1v) is 6.90. The Morgan fingerprint density at radius 3 is 2.50 bits per heavy atom. The lowest BCUT2D eigenvalue weighted by atomic mass is 9.91. The highest BCUT2D eigenvalue weighted by molar-refractivity contribution is 9.10. The molecule has 0 aliphatic heterocycles. The smallest absolute Gasteiger partial charge is 0.347 e. The van der Waals surface area contributed by atoms with E-state index in [9.17, 15) is 9.90 Å². The van der Waals surface area contributed by atoms with E-state index in [1.165, 1.54) is 0 Å². The number of hydrogen-bond donors (Lipinski definition) is 1. The molecule has 2 aromatic heterocycles. The fraction of sp³-hybridized carbons (Fsp3) is 0.333. The molecule has 0 radical (unpaired) electrons. The van der Waals surface area contributed by atoms with Crippen LogP contribution in [0.5, 0.6) is 0 Å². The van der Waals surface area contributed by atoms with Crippen LogP contribution in [0.4, 0.5) is 0 Å². The van der Waals surface area contributed by atoms with Crippen molar-refractivity contribution in [1.82, 2.24) is 4.98 Å². The summed E-state index contributed by atoms with van der Waals surface area (Å²) < 4.78 is 6.00. The summed E-state index contributed by atoms with van der Waals surface area (Å²) in [4.78, 5) is 15.9. The summed E-state index contributed by atoms with van der Waals surface area (Å²) in [6, 6.07) is 3.52. The molecule has 2 heterocycles. The van der Waals surface area contributed by atoms with Gasteiger partial charge in [-0.3, -0.25) is 0 Å². The SMILES string of the molecule is CC(C)(C)c1nc(-c2ccc(Br)o2)sc1C(=O)O. The summed E-state index contributed by atoms with van der Waals surface area (Å²) >= 11 is 4.35. The van der Waals surface area contributed by atoms with Crippen LogP contribution in [0.15, 0.2) is 21.2 Å². The van der Waals surface area contributed by atoms with Crippen LogP contribution in [0, 0.1) is 0 Å². The van der Waals surface area contributed by atoms with Crippen LogP contribution in [0.25, 0.3) is 10.8 Å². The number of aromatic nitrogens is 1. The molecule has 6 heteroatoms. The van der Waals surface area contributed by atoms with Gasteiger partial charge in [0.15, 0.2) is 15.4 Å². The molecule has 18 heavy (non-hydrogen) atoms. The van der Waals surface area contributed by atoms with Gasteiger partial charge < -0.3 is 9.52 Å². The van der Waals surface area contributed by atoms with E-state index in [0.717, 1.165) is 11.3 Å². The molecule has 0 aliphatic rings. The topological polar surface area (TPSA) is 63.3 Å². The van der Waals surface area contributed by atoms with Gasteiger partial charge in [0.05, 0.1) is 5.69 Å². The monoisotopic (exact) mass is 329 g/mol. The van der Waals surface area contributed by atoms with Gasteiger partial charge in [-0.1, -0.05) is 20.8 Å². The van der Waals surface area contributed by atoms with Crippen molar-refractivity contribution in [3.8, 4) is 10.8 Å². The van der Waals surface area contributed by atoms with Crippen LogP contribution in [0.3, 0.4) is 0 Å². The van der Waals surface area contributed by atoms with Crippen molar-refractivity contribution < 1.29 is 14.3 Å². The van der Waals surface area contributed by atoms with Gasteiger partial charge in [-0.15, -0.1) is 11.3 Å². The number of aromatic carboxylic acids is 1. The molecule has 0 bridgehead atoms. The van der Waals surface area contributed by atoms with Gasteiger partial charge in [0, 0.05) is 5.41 Å². The van der Waals surface area contributed by atoms with Crippen molar-refractivity contribution in [2.45, 2.75) is 26.2 Å². The van der Waals surface area contributed by atoms with Gasteiger partial charge in [-0.25, -0.2) is 9.78 Å². The van der Waals surface area contributed by atoms with E-state index in [1.807, 2.05) is 20.8 Å². The normalized spacial score (nSPS) is 11.8. The van der Waals surface area contributed by atoms with Gasteiger partial charge in [0.1, 0.15) is 4.88 Å². The number of halogens is 1. The Labute approximate surface area is 117 Å². The highest BCUT2D eigenvalue weighted by atomic mass is 79.9. The Kier molecular flexibility index (Phi) is 3.33. The average Bonchev–Trinajstić information content (AvgIpc) is 2.81. The molecular weight excluding hydrogens is 318 g/mol. The maximum Gasteiger partial charge on any atom is 0.347 e. The third-order valence-electron chi connectivity index (χ3n) is 2.32. The molecule has 96 valence electrons. The summed E-state index contributed by atoms with van der Waals surface area (Å²) in [6.45, 7) is 5.82. The minimum absolute atomic E-state index is 0.269. The van der Waals surface area contributed by atoms with Crippen LogP contribution >= 0.6 is 27.3 Å². The number of thiazole rings is 1. The second kappa shape index (κ2) is 4.51. The van der Waals surface area contributed by atoms with Crippen molar-refractivity contribution >= 4 is 33.2 Å². The molecule has 0 saturated carbocycles. The van der Waals surface area contributed by atoms with Gasteiger partial charge >= 0.3 is 5.97 Å². The third-order valence-corrected chi connectivity index (χ3v) is 3.80. The number of nitrogens with zero attached hydrogens (tertiary/aromatic N) is 1. The van der Waals surface area contributed by atoms with E-state index in [4.69, 9.17) is 4.42 Å². The number of furan rings is 1. The van der Waals surface area contributed by atoms with Crippen LogP contribution in [0.2, 0.25) is 0 Å².